The van der Waals surface area contributed by atoms with E-state index in [0.717, 1.165) is 38.9 Å². The fourth-order valence-electron chi connectivity index (χ4n) is 2.86. The average molecular weight is 228 g/mol. The maximum atomic E-state index is 10.2. The number of rotatable bonds is 5. The molecule has 1 aliphatic rings. The highest BCUT2D eigenvalue weighted by Crippen LogP contribution is 2.19. The van der Waals surface area contributed by atoms with Crippen molar-refractivity contribution in [3.8, 4) is 0 Å². The van der Waals surface area contributed by atoms with E-state index in [1.54, 1.807) is 0 Å². The number of nitrogens with zero attached hydrogens (tertiary/aromatic N) is 2. The van der Waals surface area contributed by atoms with E-state index in [1.165, 1.54) is 0 Å². The first kappa shape index (κ1) is 13.9. The lowest BCUT2D eigenvalue weighted by Gasteiger charge is -2.44. The highest BCUT2D eigenvalue weighted by molar-refractivity contribution is 4.86. The normalized spacial score (nSPS) is 27.9. The molecule has 0 aromatic rings. The molecule has 0 radical (unpaired) electrons. The van der Waals surface area contributed by atoms with Crippen LogP contribution in [0.3, 0.4) is 0 Å². The molecule has 0 spiro atoms. The van der Waals surface area contributed by atoms with Gasteiger partial charge in [-0.15, -0.1) is 0 Å². The molecule has 1 heterocycles. The van der Waals surface area contributed by atoms with E-state index in [-0.39, 0.29) is 6.10 Å². The summed E-state index contributed by atoms with van der Waals surface area (Å²) < 4.78 is 0. The van der Waals surface area contributed by atoms with Crippen molar-refractivity contribution in [3.63, 3.8) is 0 Å². The summed E-state index contributed by atoms with van der Waals surface area (Å²) >= 11 is 0. The Hall–Kier alpha value is -0.120. The molecule has 0 aromatic carbocycles. The maximum absolute atomic E-state index is 10.2. The van der Waals surface area contributed by atoms with Crippen molar-refractivity contribution in [1.29, 1.82) is 0 Å². The molecule has 1 fully saturated rings. The second-order valence-electron chi connectivity index (χ2n) is 5.18. The molecule has 96 valence electrons. The van der Waals surface area contributed by atoms with Gasteiger partial charge in [0.25, 0.3) is 0 Å². The zero-order valence-corrected chi connectivity index (χ0v) is 11.3. The Morgan fingerprint density at radius 3 is 2.50 bits per heavy atom. The Labute approximate surface area is 100 Å². The Morgan fingerprint density at radius 2 is 2.00 bits per heavy atom. The molecular formula is C13H28N2O. The first-order valence-corrected chi connectivity index (χ1v) is 6.72. The first-order valence-electron chi connectivity index (χ1n) is 6.72. The van der Waals surface area contributed by atoms with Gasteiger partial charge in [-0.25, -0.2) is 0 Å². The van der Waals surface area contributed by atoms with Gasteiger partial charge in [-0.2, -0.15) is 0 Å². The average Bonchev–Trinajstić information content (AvgIpc) is 2.22. The molecule has 3 atom stereocenters. The minimum absolute atomic E-state index is 0.152. The highest BCUT2D eigenvalue weighted by Gasteiger charge is 2.30. The van der Waals surface area contributed by atoms with Gasteiger partial charge in [-0.3, -0.25) is 4.90 Å². The van der Waals surface area contributed by atoms with Crippen molar-refractivity contribution in [1.82, 2.24) is 9.80 Å². The van der Waals surface area contributed by atoms with Crippen LogP contribution >= 0.6 is 0 Å². The van der Waals surface area contributed by atoms with E-state index in [1.807, 2.05) is 0 Å². The van der Waals surface area contributed by atoms with Crippen LogP contribution in [0.2, 0.25) is 0 Å². The standard InChI is InChI=1S/C13H28N2O/c1-5-7-13(16)12(6-2)15-9-8-14(4)10-11(15)3/h11-13,16H,5-10H2,1-4H3. The summed E-state index contributed by atoms with van der Waals surface area (Å²) in [6.07, 6.45) is 2.90. The van der Waals surface area contributed by atoms with Crippen LogP contribution in [0.4, 0.5) is 0 Å². The molecular weight excluding hydrogens is 200 g/mol. The fraction of sp³-hybridized carbons (Fsp3) is 1.00. The zero-order chi connectivity index (χ0) is 12.1. The SMILES string of the molecule is CCCC(O)C(CC)N1CCN(C)CC1C. The highest BCUT2D eigenvalue weighted by atomic mass is 16.3. The predicted octanol–water partition coefficient (Wildman–Crippen LogP) is 1.56. The predicted molar refractivity (Wildman–Crippen MR) is 68.7 cm³/mol. The van der Waals surface area contributed by atoms with Crippen LogP contribution in [0.5, 0.6) is 0 Å². The Kier molecular flexibility index (Phi) is 5.73. The van der Waals surface area contributed by atoms with E-state index in [9.17, 15) is 5.11 Å². The maximum Gasteiger partial charge on any atom is 0.0695 e. The van der Waals surface area contributed by atoms with Gasteiger partial charge in [0.2, 0.25) is 0 Å². The lowest BCUT2D eigenvalue weighted by Crippen LogP contribution is -2.57. The number of hydrogen-bond donors (Lipinski definition) is 1. The largest absolute Gasteiger partial charge is 0.391 e. The summed E-state index contributed by atoms with van der Waals surface area (Å²) in [5.41, 5.74) is 0. The fourth-order valence-corrected chi connectivity index (χ4v) is 2.86. The van der Waals surface area contributed by atoms with Crippen molar-refractivity contribution in [2.24, 2.45) is 0 Å². The van der Waals surface area contributed by atoms with Crippen LogP contribution < -0.4 is 0 Å². The molecule has 0 bridgehead atoms. The van der Waals surface area contributed by atoms with Crippen molar-refractivity contribution in [3.05, 3.63) is 0 Å². The molecule has 0 aliphatic carbocycles. The summed E-state index contributed by atoms with van der Waals surface area (Å²) in [5.74, 6) is 0. The second-order valence-corrected chi connectivity index (χ2v) is 5.18. The second kappa shape index (κ2) is 6.58. The Balaban J connectivity index is 2.57. The van der Waals surface area contributed by atoms with E-state index < -0.39 is 0 Å². The number of hydrogen-bond acceptors (Lipinski definition) is 3. The quantitative estimate of drug-likeness (QED) is 0.773. The van der Waals surface area contributed by atoms with Crippen LogP contribution in [0.25, 0.3) is 0 Å². The Morgan fingerprint density at radius 1 is 1.31 bits per heavy atom. The molecule has 0 amide bonds. The molecule has 0 aromatic heterocycles. The summed E-state index contributed by atoms with van der Waals surface area (Å²) in [4.78, 5) is 4.88. The summed E-state index contributed by atoms with van der Waals surface area (Å²) in [5, 5.41) is 10.2. The summed E-state index contributed by atoms with van der Waals surface area (Å²) in [6, 6.07) is 0.916. The number of aliphatic hydroxyl groups is 1. The smallest absolute Gasteiger partial charge is 0.0695 e. The third-order valence-electron chi connectivity index (χ3n) is 3.75. The molecule has 1 N–H and O–H groups in total. The molecule has 3 heteroatoms. The summed E-state index contributed by atoms with van der Waals surface area (Å²) in [6.45, 7) is 9.95. The van der Waals surface area contributed by atoms with E-state index >= 15 is 0 Å². The molecule has 3 unspecified atom stereocenters. The molecule has 16 heavy (non-hydrogen) atoms. The molecule has 1 aliphatic heterocycles. The van der Waals surface area contributed by atoms with Crippen molar-refractivity contribution in [2.75, 3.05) is 26.7 Å². The number of piperazine rings is 1. The van der Waals surface area contributed by atoms with Crippen LogP contribution in [0.15, 0.2) is 0 Å². The number of likely N-dealkylation sites (N-methyl/N-ethyl adjacent to an activating group) is 1. The minimum atomic E-state index is -0.152. The van der Waals surface area contributed by atoms with Crippen LogP contribution in [-0.4, -0.2) is 59.8 Å². The van der Waals surface area contributed by atoms with Gasteiger partial charge in [-0.1, -0.05) is 20.3 Å². The first-order chi connectivity index (χ1) is 7.60. The Bertz CT molecular complexity index is 194. The third kappa shape index (κ3) is 3.44. The third-order valence-corrected chi connectivity index (χ3v) is 3.75. The van der Waals surface area contributed by atoms with Gasteiger partial charge in [0.15, 0.2) is 0 Å². The van der Waals surface area contributed by atoms with Gasteiger partial charge < -0.3 is 10.0 Å². The van der Waals surface area contributed by atoms with Crippen LogP contribution in [-0.2, 0) is 0 Å². The van der Waals surface area contributed by atoms with E-state index in [0.29, 0.717) is 12.1 Å². The van der Waals surface area contributed by atoms with Gasteiger partial charge in [0.05, 0.1) is 6.10 Å². The lowest BCUT2D eigenvalue weighted by atomic mass is 9.99. The van der Waals surface area contributed by atoms with Crippen molar-refractivity contribution in [2.45, 2.75) is 58.2 Å². The van der Waals surface area contributed by atoms with E-state index in [2.05, 4.69) is 37.6 Å². The summed E-state index contributed by atoms with van der Waals surface area (Å²) in [7, 11) is 2.18. The monoisotopic (exact) mass is 228 g/mol. The number of aliphatic hydroxyl groups excluding tert-OH is 1. The van der Waals surface area contributed by atoms with Gasteiger partial charge in [-0.05, 0) is 26.8 Å². The van der Waals surface area contributed by atoms with Gasteiger partial charge in [0, 0.05) is 31.7 Å². The molecule has 0 saturated carbocycles. The topological polar surface area (TPSA) is 26.7 Å². The van der Waals surface area contributed by atoms with Crippen LogP contribution in [0, 0.1) is 0 Å². The van der Waals surface area contributed by atoms with E-state index in [4.69, 9.17) is 0 Å². The zero-order valence-electron chi connectivity index (χ0n) is 11.3. The lowest BCUT2D eigenvalue weighted by molar-refractivity contribution is -0.00983. The van der Waals surface area contributed by atoms with Gasteiger partial charge in [0.1, 0.15) is 0 Å². The minimum Gasteiger partial charge on any atom is -0.391 e. The van der Waals surface area contributed by atoms with Crippen molar-refractivity contribution >= 4 is 0 Å². The molecule has 1 rings (SSSR count). The van der Waals surface area contributed by atoms with Gasteiger partial charge >= 0.3 is 0 Å². The molecule has 1 saturated heterocycles. The van der Waals surface area contributed by atoms with Crippen LogP contribution in [0.1, 0.15) is 40.0 Å². The molecule has 3 nitrogen and oxygen atoms in total. The van der Waals surface area contributed by atoms with Crippen molar-refractivity contribution < 1.29 is 5.11 Å².